The number of rotatable bonds is 7. The van der Waals surface area contributed by atoms with Crippen molar-refractivity contribution in [2.24, 2.45) is 11.8 Å². The molecule has 0 aromatic heterocycles. The summed E-state index contributed by atoms with van der Waals surface area (Å²) in [7, 11) is -3.70. The van der Waals surface area contributed by atoms with Gasteiger partial charge in [-0.1, -0.05) is 19.1 Å². The lowest BCUT2D eigenvalue weighted by atomic mass is 9.86. The molecule has 0 saturated carbocycles. The lowest BCUT2D eigenvalue weighted by Crippen LogP contribution is -2.38. The van der Waals surface area contributed by atoms with Crippen LogP contribution in [0.1, 0.15) is 25.3 Å². The van der Waals surface area contributed by atoms with Crippen molar-refractivity contribution in [1.29, 1.82) is 0 Å². The predicted molar refractivity (Wildman–Crippen MR) is 85.7 cm³/mol. The fourth-order valence-electron chi connectivity index (χ4n) is 2.76. The third kappa shape index (κ3) is 4.76. The quantitative estimate of drug-likeness (QED) is 0.787. The van der Waals surface area contributed by atoms with Crippen LogP contribution in [0.25, 0.3) is 0 Å². The van der Waals surface area contributed by atoms with E-state index in [2.05, 4.69) is 4.72 Å². The van der Waals surface area contributed by atoms with Gasteiger partial charge < -0.3 is 9.84 Å². The third-order valence-electron chi connectivity index (χ3n) is 4.29. The molecular weight excluding hydrogens is 318 g/mol. The van der Waals surface area contributed by atoms with Crippen LogP contribution in [0.15, 0.2) is 29.2 Å². The van der Waals surface area contributed by atoms with Crippen molar-refractivity contribution in [3.8, 4) is 0 Å². The lowest BCUT2D eigenvalue weighted by Gasteiger charge is -2.27. The van der Waals surface area contributed by atoms with Crippen LogP contribution in [0.5, 0.6) is 0 Å². The molecule has 6 nitrogen and oxygen atoms in total. The Morgan fingerprint density at radius 3 is 2.43 bits per heavy atom. The summed E-state index contributed by atoms with van der Waals surface area (Å²) < 4.78 is 32.3. The molecule has 2 N–H and O–H groups in total. The van der Waals surface area contributed by atoms with Crippen LogP contribution in [-0.4, -0.2) is 39.3 Å². The molecule has 1 unspecified atom stereocenters. The molecule has 23 heavy (non-hydrogen) atoms. The summed E-state index contributed by atoms with van der Waals surface area (Å²) in [5.41, 5.74) is 1.05. The van der Waals surface area contributed by atoms with Gasteiger partial charge >= 0.3 is 5.97 Å². The van der Waals surface area contributed by atoms with Gasteiger partial charge in [-0.15, -0.1) is 0 Å². The molecule has 1 fully saturated rings. The van der Waals surface area contributed by atoms with E-state index < -0.39 is 21.9 Å². The summed E-state index contributed by atoms with van der Waals surface area (Å²) in [5.74, 6) is -1.77. The van der Waals surface area contributed by atoms with Gasteiger partial charge in [0.05, 0.1) is 10.8 Å². The van der Waals surface area contributed by atoms with E-state index in [9.17, 15) is 18.3 Å². The summed E-state index contributed by atoms with van der Waals surface area (Å²) >= 11 is 0. The maximum Gasteiger partial charge on any atom is 0.308 e. The molecule has 0 amide bonds. The highest BCUT2D eigenvalue weighted by Crippen LogP contribution is 2.24. The van der Waals surface area contributed by atoms with Gasteiger partial charge in [0.1, 0.15) is 0 Å². The maximum atomic E-state index is 12.3. The summed E-state index contributed by atoms with van der Waals surface area (Å²) in [6, 6.07) is 6.63. The van der Waals surface area contributed by atoms with Gasteiger partial charge in [-0.05, 0) is 42.9 Å². The number of nitrogens with one attached hydrogen (secondary N) is 1. The Morgan fingerprint density at radius 2 is 1.91 bits per heavy atom. The standard InChI is InChI=1S/C16H23NO5S/c1-2-12-3-5-14(6-4-12)23(20,21)17-11-15(16(18)19)13-7-9-22-10-8-13/h3-6,13,15,17H,2,7-11H2,1H3,(H,18,19). The van der Waals surface area contributed by atoms with Crippen molar-refractivity contribution in [3.05, 3.63) is 29.8 Å². The highest BCUT2D eigenvalue weighted by Gasteiger charge is 2.31. The normalized spacial score (nSPS) is 17.8. The summed E-state index contributed by atoms with van der Waals surface area (Å²) in [6.45, 7) is 2.95. The Hall–Kier alpha value is -1.44. The summed E-state index contributed by atoms with van der Waals surface area (Å²) in [5, 5.41) is 9.39. The first-order valence-electron chi connectivity index (χ1n) is 7.83. The van der Waals surface area contributed by atoms with E-state index in [1.807, 2.05) is 6.92 Å². The zero-order valence-corrected chi connectivity index (χ0v) is 14.0. The molecule has 1 saturated heterocycles. The molecule has 1 heterocycles. The third-order valence-corrected chi connectivity index (χ3v) is 5.73. The maximum absolute atomic E-state index is 12.3. The van der Waals surface area contributed by atoms with E-state index in [0.29, 0.717) is 26.1 Å². The molecule has 0 spiro atoms. The van der Waals surface area contributed by atoms with Crippen molar-refractivity contribution in [2.45, 2.75) is 31.1 Å². The molecule has 0 aliphatic carbocycles. The number of hydrogen-bond donors (Lipinski definition) is 2. The molecule has 1 atom stereocenters. The molecule has 2 rings (SSSR count). The van der Waals surface area contributed by atoms with Crippen molar-refractivity contribution >= 4 is 16.0 Å². The Bertz CT molecular complexity index is 620. The highest BCUT2D eigenvalue weighted by atomic mass is 32.2. The minimum absolute atomic E-state index is 0.0635. The first kappa shape index (κ1) is 17.9. The molecule has 1 aliphatic rings. The topological polar surface area (TPSA) is 92.7 Å². The Balaban J connectivity index is 2.04. The second-order valence-corrected chi connectivity index (χ2v) is 7.51. The first-order chi connectivity index (χ1) is 10.9. The van der Waals surface area contributed by atoms with Crippen LogP contribution in [0.4, 0.5) is 0 Å². The average Bonchev–Trinajstić information content (AvgIpc) is 2.55. The minimum Gasteiger partial charge on any atom is -0.481 e. The number of benzene rings is 1. The van der Waals surface area contributed by atoms with E-state index in [1.54, 1.807) is 24.3 Å². The fourth-order valence-corrected chi connectivity index (χ4v) is 3.82. The first-order valence-corrected chi connectivity index (χ1v) is 9.31. The second kappa shape index (κ2) is 7.90. The summed E-state index contributed by atoms with van der Waals surface area (Å²) in [4.78, 5) is 11.6. The zero-order chi connectivity index (χ0) is 16.9. The largest absolute Gasteiger partial charge is 0.481 e. The number of aryl methyl sites for hydroxylation is 1. The van der Waals surface area contributed by atoms with E-state index in [0.717, 1.165) is 12.0 Å². The Morgan fingerprint density at radius 1 is 1.30 bits per heavy atom. The van der Waals surface area contributed by atoms with Crippen LogP contribution in [0.2, 0.25) is 0 Å². The van der Waals surface area contributed by atoms with Gasteiger partial charge in [-0.2, -0.15) is 0 Å². The van der Waals surface area contributed by atoms with Gasteiger partial charge in [0.2, 0.25) is 10.0 Å². The number of ether oxygens (including phenoxy) is 1. The molecule has 128 valence electrons. The van der Waals surface area contributed by atoms with Gasteiger partial charge in [-0.3, -0.25) is 4.79 Å². The predicted octanol–water partition coefficient (Wildman–Crippen LogP) is 1.65. The van der Waals surface area contributed by atoms with Crippen molar-refractivity contribution in [2.75, 3.05) is 19.8 Å². The van der Waals surface area contributed by atoms with E-state index in [-0.39, 0.29) is 17.4 Å². The molecule has 1 aromatic carbocycles. The van der Waals surface area contributed by atoms with Gasteiger partial charge in [0, 0.05) is 19.8 Å². The number of hydrogen-bond acceptors (Lipinski definition) is 4. The number of carboxylic acids is 1. The lowest BCUT2D eigenvalue weighted by molar-refractivity contribution is -0.144. The Kier molecular flexibility index (Phi) is 6.15. The van der Waals surface area contributed by atoms with Gasteiger partial charge in [0.25, 0.3) is 0 Å². The number of sulfonamides is 1. The van der Waals surface area contributed by atoms with Crippen molar-refractivity contribution in [1.82, 2.24) is 4.72 Å². The van der Waals surface area contributed by atoms with Crippen LogP contribution in [-0.2, 0) is 26.0 Å². The molecule has 0 bridgehead atoms. The van der Waals surface area contributed by atoms with Gasteiger partial charge in [-0.25, -0.2) is 13.1 Å². The molecule has 7 heteroatoms. The van der Waals surface area contributed by atoms with Crippen LogP contribution < -0.4 is 4.72 Å². The molecule has 1 aromatic rings. The monoisotopic (exact) mass is 341 g/mol. The van der Waals surface area contributed by atoms with Crippen LogP contribution in [0.3, 0.4) is 0 Å². The SMILES string of the molecule is CCc1ccc(S(=O)(=O)NCC(C(=O)O)C2CCOCC2)cc1. The molecule has 0 radical (unpaired) electrons. The fraction of sp³-hybridized carbons (Fsp3) is 0.562. The average molecular weight is 341 g/mol. The van der Waals surface area contributed by atoms with E-state index >= 15 is 0 Å². The second-order valence-electron chi connectivity index (χ2n) is 5.74. The Labute approximate surface area is 136 Å². The van der Waals surface area contributed by atoms with E-state index in [1.165, 1.54) is 0 Å². The van der Waals surface area contributed by atoms with Crippen molar-refractivity contribution < 1.29 is 23.1 Å². The van der Waals surface area contributed by atoms with Crippen LogP contribution in [0, 0.1) is 11.8 Å². The van der Waals surface area contributed by atoms with E-state index in [4.69, 9.17) is 4.74 Å². The number of carboxylic acid groups (broad SMARTS) is 1. The highest BCUT2D eigenvalue weighted by molar-refractivity contribution is 7.89. The molecular formula is C16H23NO5S. The van der Waals surface area contributed by atoms with Crippen molar-refractivity contribution in [3.63, 3.8) is 0 Å². The summed E-state index contributed by atoms with van der Waals surface area (Å²) in [6.07, 6.45) is 2.12. The number of aliphatic carboxylic acids is 1. The molecule has 1 aliphatic heterocycles. The zero-order valence-electron chi connectivity index (χ0n) is 13.2. The van der Waals surface area contributed by atoms with Crippen LogP contribution >= 0.6 is 0 Å². The number of carbonyl (C=O) groups is 1. The van der Waals surface area contributed by atoms with Gasteiger partial charge in [0.15, 0.2) is 0 Å². The minimum atomic E-state index is -3.70. The smallest absolute Gasteiger partial charge is 0.308 e.